The minimum absolute atomic E-state index is 0.0375. The first-order valence-corrected chi connectivity index (χ1v) is 7.33. The zero-order valence-corrected chi connectivity index (χ0v) is 13.0. The lowest BCUT2D eigenvalue weighted by atomic mass is 10.0. The van der Waals surface area contributed by atoms with Gasteiger partial charge >= 0.3 is 0 Å². The maximum Gasteiger partial charge on any atom is 0.168 e. The average molecular weight is 338 g/mol. The van der Waals surface area contributed by atoms with E-state index in [-0.39, 0.29) is 5.78 Å². The summed E-state index contributed by atoms with van der Waals surface area (Å²) in [7, 11) is 0. The Labute approximate surface area is 126 Å². The second-order valence-electron chi connectivity index (χ2n) is 4.39. The normalized spacial score (nSPS) is 10.5. The van der Waals surface area contributed by atoms with Crippen molar-refractivity contribution in [2.24, 2.45) is 0 Å². The Morgan fingerprint density at radius 2 is 1.74 bits per heavy atom. The summed E-state index contributed by atoms with van der Waals surface area (Å²) in [6.07, 6.45) is 1.38. The number of halogens is 2. The molecule has 19 heavy (non-hydrogen) atoms. The summed E-state index contributed by atoms with van der Waals surface area (Å²) in [6, 6.07) is 13.5. The molecule has 0 saturated heterocycles. The lowest BCUT2D eigenvalue weighted by Gasteiger charge is -2.05. The van der Waals surface area contributed by atoms with Crippen LogP contribution in [0.25, 0.3) is 0 Å². The molecule has 0 heterocycles. The number of benzene rings is 2. The third-order valence-corrected chi connectivity index (χ3v) is 3.85. The van der Waals surface area contributed by atoms with E-state index in [0.717, 1.165) is 16.5 Å². The Morgan fingerprint density at radius 1 is 1.11 bits per heavy atom. The van der Waals surface area contributed by atoms with Gasteiger partial charge in [-0.2, -0.15) is 0 Å². The number of carbonyl (C=O) groups excluding carboxylic acids is 1. The Balaban J connectivity index is 2.18. The fraction of sp³-hybridized carbons (Fsp3) is 0.188. The second-order valence-corrected chi connectivity index (χ2v) is 5.72. The smallest absolute Gasteiger partial charge is 0.168 e. The van der Waals surface area contributed by atoms with Gasteiger partial charge in [0, 0.05) is 16.5 Å². The Morgan fingerprint density at radius 3 is 2.37 bits per heavy atom. The third-order valence-electron chi connectivity index (χ3n) is 3.02. The van der Waals surface area contributed by atoms with Crippen molar-refractivity contribution in [2.75, 3.05) is 0 Å². The molecule has 0 bridgehead atoms. The molecule has 2 rings (SSSR count). The SMILES string of the molecule is CCc1ccc(CC(=O)c2cc(Br)ccc2Cl)cc1. The summed E-state index contributed by atoms with van der Waals surface area (Å²) < 4.78 is 0.863. The van der Waals surface area contributed by atoms with Crippen molar-refractivity contribution in [3.63, 3.8) is 0 Å². The fourth-order valence-electron chi connectivity index (χ4n) is 1.88. The van der Waals surface area contributed by atoms with Crippen LogP contribution in [0.2, 0.25) is 5.02 Å². The van der Waals surface area contributed by atoms with Crippen LogP contribution in [0.15, 0.2) is 46.9 Å². The van der Waals surface area contributed by atoms with Crippen molar-refractivity contribution in [2.45, 2.75) is 19.8 Å². The topological polar surface area (TPSA) is 17.1 Å². The molecular weight excluding hydrogens is 324 g/mol. The molecule has 0 aromatic heterocycles. The summed E-state index contributed by atoms with van der Waals surface area (Å²) in [6.45, 7) is 2.11. The van der Waals surface area contributed by atoms with E-state index in [4.69, 9.17) is 11.6 Å². The van der Waals surface area contributed by atoms with Crippen LogP contribution in [0.1, 0.15) is 28.4 Å². The van der Waals surface area contributed by atoms with Crippen LogP contribution >= 0.6 is 27.5 Å². The van der Waals surface area contributed by atoms with Crippen LogP contribution in [-0.4, -0.2) is 5.78 Å². The molecule has 1 nitrogen and oxygen atoms in total. The van der Waals surface area contributed by atoms with Gasteiger partial charge in [0.15, 0.2) is 5.78 Å². The van der Waals surface area contributed by atoms with Crippen molar-refractivity contribution in [1.82, 2.24) is 0 Å². The fourth-order valence-corrected chi connectivity index (χ4v) is 2.47. The molecule has 0 saturated carbocycles. The molecule has 2 aromatic rings. The Bertz CT molecular complexity index is 590. The lowest BCUT2D eigenvalue weighted by molar-refractivity contribution is 0.0993. The molecule has 3 heteroatoms. The van der Waals surface area contributed by atoms with Gasteiger partial charge in [-0.3, -0.25) is 4.79 Å². The molecule has 0 fully saturated rings. The van der Waals surface area contributed by atoms with Gasteiger partial charge in [-0.25, -0.2) is 0 Å². The summed E-state index contributed by atoms with van der Waals surface area (Å²) in [4.78, 5) is 12.2. The first-order valence-electron chi connectivity index (χ1n) is 6.16. The van der Waals surface area contributed by atoms with Gasteiger partial charge in [0.25, 0.3) is 0 Å². The average Bonchev–Trinajstić information content (AvgIpc) is 2.42. The van der Waals surface area contributed by atoms with Gasteiger partial charge in [0.2, 0.25) is 0 Å². The van der Waals surface area contributed by atoms with Gasteiger partial charge in [-0.15, -0.1) is 0 Å². The Kier molecular flexibility index (Phi) is 4.78. The van der Waals surface area contributed by atoms with E-state index in [1.165, 1.54) is 5.56 Å². The minimum atomic E-state index is 0.0375. The molecular formula is C16H14BrClO. The van der Waals surface area contributed by atoms with E-state index in [2.05, 4.69) is 35.0 Å². The van der Waals surface area contributed by atoms with Crippen LogP contribution in [0, 0.1) is 0 Å². The molecule has 0 amide bonds. The zero-order chi connectivity index (χ0) is 13.8. The highest BCUT2D eigenvalue weighted by atomic mass is 79.9. The molecule has 0 N–H and O–H groups in total. The predicted octanol–water partition coefficient (Wildman–Crippen LogP) is 5.09. The zero-order valence-electron chi connectivity index (χ0n) is 10.6. The molecule has 0 aliphatic carbocycles. The highest BCUT2D eigenvalue weighted by Gasteiger charge is 2.11. The van der Waals surface area contributed by atoms with Gasteiger partial charge in [-0.05, 0) is 35.7 Å². The standard InChI is InChI=1S/C16H14BrClO/c1-2-11-3-5-12(6-4-11)9-16(19)14-10-13(17)7-8-15(14)18/h3-8,10H,2,9H2,1H3. The van der Waals surface area contributed by atoms with Crippen LogP contribution in [-0.2, 0) is 12.8 Å². The van der Waals surface area contributed by atoms with Crippen molar-refractivity contribution in [3.05, 3.63) is 68.7 Å². The summed E-state index contributed by atoms with van der Waals surface area (Å²) >= 11 is 9.42. The number of hydrogen-bond donors (Lipinski definition) is 0. The largest absolute Gasteiger partial charge is 0.294 e. The molecule has 0 radical (unpaired) electrons. The number of ketones is 1. The number of rotatable bonds is 4. The number of carbonyl (C=O) groups is 1. The van der Waals surface area contributed by atoms with E-state index < -0.39 is 0 Å². The van der Waals surface area contributed by atoms with Crippen molar-refractivity contribution >= 4 is 33.3 Å². The third kappa shape index (κ3) is 3.68. The molecule has 0 unspecified atom stereocenters. The van der Waals surface area contributed by atoms with E-state index in [0.29, 0.717) is 17.0 Å². The highest BCUT2D eigenvalue weighted by Crippen LogP contribution is 2.22. The molecule has 0 atom stereocenters. The minimum Gasteiger partial charge on any atom is -0.294 e. The maximum absolute atomic E-state index is 12.2. The van der Waals surface area contributed by atoms with Gasteiger partial charge in [0.05, 0.1) is 5.02 Å². The molecule has 98 valence electrons. The Hall–Kier alpha value is -1.12. The number of aryl methyl sites for hydroxylation is 1. The van der Waals surface area contributed by atoms with Crippen molar-refractivity contribution in [1.29, 1.82) is 0 Å². The van der Waals surface area contributed by atoms with Crippen molar-refractivity contribution in [3.8, 4) is 0 Å². The van der Waals surface area contributed by atoms with Gasteiger partial charge in [0.1, 0.15) is 0 Å². The highest BCUT2D eigenvalue weighted by molar-refractivity contribution is 9.10. The van der Waals surface area contributed by atoms with Gasteiger partial charge in [-0.1, -0.05) is 58.7 Å². The summed E-state index contributed by atoms with van der Waals surface area (Å²) in [5.41, 5.74) is 2.85. The van der Waals surface area contributed by atoms with E-state index >= 15 is 0 Å². The molecule has 0 spiro atoms. The number of hydrogen-bond acceptors (Lipinski definition) is 1. The number of Topliss-reactive ketones (excluding diaryl/α,β-unsaturated/α-hetero) is 1. The first-order chi connectivity index (χ1) is 9.10. The monoisotopic (exact) mass is 336 g/mol. The van der Waals surface area contributed by atoms with Crippen molar-refractivity contribution < 1.29 is 4.79 Å². The summed E-state index contributed by atoms with van der Waals surface area (Å²) in [5.74, 6) is 0.0375. The molecule has 0 aliphatic heterocycles. The lowest BCUT2D eigenvalue weighted by Crippen LogP contribution is -2.04. The van der Waals surface area contributed by atoms with E-state index in [1.54, 1.807) is 12.1 Å². The maximum atomic E-state index is 12.2. The van der Waals surface area contributed by atoms with Crippen LogP contribution < -0.4 is 0 Å². The predicted molar refractivity (Wildman–Crippen MR) is 83.0 cm³/mol. The van der Waals surface area contributed by atoms with Crippen LogP contribution in [0.4, 0.5) is 0 Å². The van der Waals surface area contributed by atoms with Gasteiger partial charge < -0.3 is 0 Å². The van der Waals surface area contributed by atoms with E-state index in [9.17, 15) is 4.79 Å². The molecule has 0 aliphatic rings. The second kappa shape index (κ2) is 6.36. The van der Waals surface area contributed by atoms with E-state index in [1.807, 2.05) is 18.2 Å². The first kappa shape index (κ1) is 14.3. The van der Waals surface area contributed by atoms with Crippen LogP contribution in [0.3, 0.4) is 0 Å². The quantitative estimate of drug-likeness (QED) is 0.710. The molecule has 2 aromatic carbocycles. The van der Waals surface area contributed by atoms with Crippen LogP contribution in [0.5, 0.6) is 0 Å². The summed E-state index contributed by atoms with van der Waals surface area (Å²) in [5, 5.41) is 0.498.